The van der Waals surface area contributed by atoms with Gasteiger partial charge in [0.2, 0.25) is 0 Å². The lowest BCUT2D eigenvalue weighted by Crippen LogP contribution is -2.13. The number of para-hydroxylation sites is 1. The maximum Gasteiger partial charge on any atom is 0.255 e. The van der Waals surface area contributed by atoms with E-state index in [2.05, 4.69) is 24.3 Å². The largest absolute Gasteiger partial charge is 0.493 e. The van der Waals surface area contributed by atoms with Gasteiger partial charge in [0.1, 0.15) is 0 Å². The molecule has 6 heteroatoms. The number of anilines is 1. The Hall–Kier alpha value is -3.28. The van der Waals surface area contributed by atoms with Crippen LogP contribution in [0.5, 0.6) is 11.5 Å². The minimum absolute atomic E-state index is 0.221. The highest BCUT2D eigenvalue weighted by Crippen LogP contribution is 2.29. The molecule has 6 nitrogen and oxygen atoms in total. The molecule has 0 radical (unpaired) electrons. The normalized spacial score (nSPS) is 10.9. The van der Waals surface area contributed by atoms with Crippen molar-refractivity contribution in [3.63, 3.8) is 0 Å². The summed E-state index contributed by atoms with van der Waals surface area (Å²) >= 11 is 0. The van der Waals surface area contributed by atoms with Gasteiger partial charge in [-0.15, -0.1) is 0 Å². The molecule has 1 heterocycles. The van der Waals surface area contributed by atoms with Crippen LogP contribution in [0, 0.1) is 19.8 Å². The summed E-state index contributed by atoms with van der Waals surface area (Å²) in [6.07, 6.45) is 0.954. The highest BCUT2D eigenvalue weighted by Gasteiger charge is 2.17. The van der Waals surface area contributed by atoms with Crippen molar-refractivity contribution in [3.8, 4) is 17.2 Å². The monoisotopic (exact) mass is 407 g/mol. The third kappa shape index (κ3) is 4.82. The van der Waals surface area contributed by atoms with E-state index in [1.165, 1.54) is 0 Å². The SMILES string of the molecule is COc1cc(C(=O)Nc2c(C)nn(-c3ccccc3)c2C)ccc1OCCC(C)C. The van der Waals surface area contributed by atoms with Gasteiger partial charge in [-0.1, -0.05) is 32.0 Å². The molecular formula is C24H29N3O3. The molecule has 1 aromatic heterocycles. The van der Waals surface area contributed by atoms with Crippen molar-refractivity contribution in [2.24, 2.45) is 5.92 Å². The first-order chi connectivity index (χ1) is 14.4. The molecule has 0 aliphatic carbocycles. The molecule has 0 aliphatic heterocycles. The smallest absolute Gasteiger partial charge is 0.255 e. The fraction of sp³-hybridized carbons (Fsp3) is 0.333. The summed E-state index contributed by atoms with van der Waals surface area (Å²) in [4.78, 5) is 12.9. The van der Waals surface area contributed by atoms with Crippen LogP contribution < -0.4 is 14.8 Å². The van der Waals surface area contributed by atoms with Gasteiger partial charge in [0.05, 0.1) is 36.5 Å². The summed E-state index contributed by atoms with van der Waals surface area (Å²) in [5, 5.41) is 7.58. The first-order valence-electron chi connectivity index (χ1n) is 10.1. The quantitative estimate of drug-likeness (QED) is 0.559. The molecule has 0 atom stereocenters. The minimum atomic E-state index is -0.221. The zero-order chi connectivity index (χ0) is 21.7. The summed E-state index contributed by atoms with van der Waals surface area (Å²) in [5.74, 6) is 1.52. The van der Waals surface area contributed by atoms with Gasteiger partial charge in [0.25, 0.3) is 5.91 Å². The van der Waals surface area contributed by atoms with Crippen LogP contribution in [0.3, 0.4) is 0 Å². The number of carbonyl (C=O) groups is 1. The molecule has 3 rings (SSSR count). The summed E-state index contributed by atoms with van der Waals surface area (Å²) in [5.41, 5.74) is 3.77. The Bertz CT molecular complexity index is 1010. The van der Waals surface area contributed by atoms with E-state index in [4.69, 9.17) is 9.47 Å². The van der Waals surface area contributed by atoms with E-state index < -0.39 is 0 Å². The van der Waals surface area contributed by atoms with Crippen LogP contribution >= 0.6 is 0 Å². The van der Waals surface area contributed by atoms with Crippen molar-refractivity contribution < 1.29 is 14.3 Å². The topological polar surface area (TPSA) is 65.4 Å². The van der Waals surface area contributed by atoms with Crippen LogP contribution in [0.2, 0.25) is 0 Å². The van der Waals surface area contributed by atoms with Gasteiger partial charge in [-0.2, -0.15) is 5.10 Å². The number of benzene rings is 2. The third-order valence-corrected chi connectivity index (χ3v) is 4.91. The zero-order valence-electron chi connectivity index (χ0n) is 18.2. The van der Waals surface area contributed by atoms with Crippen LogP contribution in [-0.2, 0) is 0 Å². The Balaban J connectivity index is 1.79. The number of hydrogen-bond donors (Lipinski definition) is 1. The van der Waals surface area contributed by atoms with Crippen LogP contribution in [0.25, 0.3) is 5.69 Å². The first-order valence-corrected chi connectivity index (χ1v) is 10.1. The maximum absolute atomic E-state index is 12.9. The van der Waals surface area contributed by atoms with Gasteiger partial charge in [0, 0.05) is 5.56 Å². The van der Waals surface area contributed by atoms with Crippen molar-refractivity contribution in [2.75, 3.05) is 19.0 Å². The number of aromatic nitrogens is 2. The van der Waals surface area contributed by atoms with E-state index in [9.17, 15) is 4.79 Å². The van der Waals surface area contributed by atoms with E-state index in [-0.39, 0.29) is 5.91 Å². The second-order valence-electron chi connectivity index (χ2n) is 7.64. The number of hydrogen-bond acceptors (Lipinski definition) is 4. The van der Waals surface area contributed by atoms with Gasteiger partial charge in [-0.05, 0) is 56.5 Å². The molecule has 0 unspecified atom stereocenters. The first kappa shape index (κ1) is 21.4. The van der Waals surface area contributed by atoms with E-state index in [1.807, 2.05) is 48.9 Å². The molecule has 0 aliphatic rings. The molecule has 1 amide bonds. The van der Waals surface area contributed by atoms with Crippen molar-refractivity contribution in [1.82, 2.24) is 9.78 Å². The predicted molar refractivity (Wildman–Crippen MR) is 119 cm³/mol. The fourth-order valence-corrected chi connectivity index (χ4v) is 3.16. The van der Waals surface area contributed by atoms with E-state index in [0.29, 0.717) is 35.3 Å². The molecular weight excluding hydrogens is 378 g/mol. The van der Waals surface area contributed by atoms with Crippen molar-refractivity contribution >= 4 is 11.6 Å². The number of amides is 1. The molecule has 2 aromatic carbocycles. The highest BCUT2D eigenvalue weighted by atomic mass is 16.5. The number of methoxy groups -OCH3 is 1. The Kier molecular flexibility index (Phi) is 6.77. The van der Waals surface area contributed by atoms with Gasteiger partial charge in [0.15, 0.2) is 11.5 Å². The van der Waals surface area contributed by atoms with E-state index >= 15 is 0 Å². The average Bonchev–Trinajstić information content (AvgIpc) is 3.02. The number of nitrogens with one attached hydrogen (secondary N) is 1. The lowest BCUT2D eigenvalue weighted by molar-refractivity contribution is 0.102. The molecule has 30 heavy (non-hydrogen) atoms. The lowest BCUT2D eigenvalue weighted by Gasteiger charge is -2.13. The number of ether oxygens (including phenoxy) is 2. The third-order valence-electron chi connectivity index (χ3n) is 4.91. The van der Waals surface area contributed by atoms with Crippen molar-refractivity contribution in [2.45, 2.75) is 34.1 Å². The molecule has 1 N–H and O–H groups in total. The number of aryl methyl sites for hydroxylation is 1. The second-order valence-corrected chi connectivity index (χ2v) is 7.64. The van der Waals surface area contributed by atoms with Crippen LogP contribution in [0.15, 0.2) is 48.5 Å². The van der Waals surface area contributed by atoms with Crippen molar-refractivity contribution in [1.29, 1.82) is 0 Å². The summed E-state index contributed by atoms with van der Waals surface area (Å²) in [7, 11) is 1.57. The fourth-order valence-electron chi connectivity index (χ4n) is 3.16. The summed E-state index contributed by atoms with van der Waals surface area (Å²) < 4.78 is 13.1. The Morgan fingerprint density at radius 1 is 1.10 bits per heavy atom. The Morgan fingerprint density at radius 2 is 1.83 bits per heavy atom. The molecule has 0 spiro atoms. The number of carbonyl (C=O) groups excluding carboxylic acids is 1. The summed E-state index contributed by atoms with van der Waals surface area (Å²) in [6, 6.07) is 15.1. The maximum atomic E-state index is 12.9. The lowest BCUT2D eigenvalue weighted by atomic mass is 10.1. The van der Waals surface area contributed by atoms with Gasteiger partial charge >= 0.3 is 0 Å². The molecule has 0 saturated carbocycles. The highest BCUT2D eigenvalue weighted by molar-refractivity contribution is 6.05. The summed E-state index contributed by atoms with van der Waals surface area (Å²) in [6.45, 7) is 8.73. The standard InChI is InChI=1S/C24H29N3O3/c1-16(2)13-14-30-21-12-11-19(15-22(21)29-5)24(28)25-23-17(3)26-27(18(23)4)20-9-7-6-8-10-20/h6-12,15-16H,13-14H2,1-5H3,(H,25,28). The number of nitrogens with zero attached hydrogens (tertiary/aromatic N) is 2. The molecule has 3 aromatic rings. The van der Waals surface area contributed by atoms with Gasteiger partial charge in [-0.3, -0.25) is 4.79 Å². The molecule has 0 saturated heterocycles. The molecule has 158 valence electrons. The van der Waals surface area contributed by atoms with E-state index in [1.54, 1.807) is 25.3 Å². The van der Waals surface area contributed by atoms with Gasteiger partial charge in [-0.25, -0.2) is 4.68 Å². The van der Waals surface area contributed by atoms with Gasteiger partial charge < -0.3 is 14.8 Å². The minimum Gasteiger partial charge on any atom is -0.493 e. The van der Waals surface area contributed by atoms with E-state index in [0.717, 1.165) is 23.5 Å². The van der Waals surface area contributed by atoms with Crippen LogP contribution in [0.1, 0.15) is 42.0 Å². The molecule has 0 bridgehead atoms. The van der Waals surface area contributed by atoms with Crippen LogP contribution in [-0.4, -0.2) is 29.4 Å². The van der Waals surface area contributed by atoms with Crippen molar-refractivity contribution in [3.05, 3.63) is 65.5 Å². The Morgan fingerprint density at radius 3 is 2.50 bits per heavy atom. The average molecular weight is 408 g/mol. The zero-order valence-corrected chi connectivity index (χ0v) is 18.2. The Labute approximate surface area is 177 Å². The number of rotatable bonds is 8. The van der Waals surface area contributed by atoms with Crippen LogP contribution in [0.4, 0.5) is 5.69 Å². The molecule has 0 fully saturated rings. The second kappa shape index (κ2) is 9.48. The predicted octanol–water partition coefficient (Wildman–Crippen LogP) is 5.17.